The quantitative estimate of drug-likeness (QED) is 0.517. The van der Waals surface area contributed by atoms with E-state index in [1.165, 1.54) is 0 Å². The van der Waals surface area contributed by atoms with Gasteiger partial charge in [-0.1, -0.05) is 48.5 Å². The SMILES string of the molecule is Cc1ccccccccc1C(=O)N(C)CCC(O)c1ccc2ccc(O)c(Br)c2n1. The van der Waals surface area contributed by atoms with Crippen LogP contribution in [0.5, 0.6) is 5.75 Å². The Hall–Kier alpha value is -2.96. The highest BCUT2D eigenvalue weighted by Crippen LogP contribution is 2.32. The van der Waals surface area contributed by atoms with Crippen LogP contribution in [0.3, 0.4) is 0 Å². The topological polar surface area (TPSA) is 73.7 Å². The zero-order chi connectivity index (χ0) is 22.4. The molecule has 0 spiro atoms. The second-order valence-electron chi connectivity index (χ2n) is 7.32. The van der Waals surface area contributed by atoms with Crippen LogP contribution in [0.1, 0.15) is 34.1 Å². The van der Waals surface area contributed by atoms with E-state index >= 15 is 0 Å². The Bertz CT molecular complexity index is 1150. The Kier molecular flexibility index (Phi) is 7.60. The Balaban J connectivity index is 1.75. The highest BCUT2D eigenvalue weighted by molar-refractivity contribution is 9.10. The molecule has 3 aromatic rings. The first kappa shape index (κ1) is 22.7. The zero-order valence-electron chi connectivity index (χ0n) is 17.5. The lowest BCUT2D eigenvalue weighted by Crippen LogP contribution is -2.29. The molecule has 1 aromatic heterocycles. The molecule has 31 heavy (non-hydrogen) atoms. The number of phenols is 1. The number of aromatic hydroxyl groups is 1. The van der Waals surface area contributed by atoms with E-state index < -0.39 is 6.10 Å². The zero-order valence-corrected chi connectivity index (χ0v) is 19.1. The Labute approximate surface area is 190 Å². The van der Waals surface area contributed by atoms with Crippen molar-refractivity contribution in [3.8, 4) is 5.75 Å². The molecule has 1 atom stereocenters. The second-order valence-corrected chi connectivity index (χ2v) is 8.12. The number of pyridine rings is 1. The van der Waals surface area contributed by atoms with E-state index in [-0.39, 0.29) is 11.7 Å². The normalized spacial score (nSPS) is 11.6. The summed E-state index contributed by atoms with van der Waals surface area (Å²) in [5.74, 6) is -0.0125. The first-order valence-electron chi connectivity index (χ1n) is 9.99. The van der Waals surface area contributed by atoms with Crippen molar-refractivity contribution in [3.05, 3.63) is 94.1 Å². The van der Waals surface area contributed by atoms with Crippen molar-refractivity contribution in [1.29, 1.82) is 0 Å². The molecule has 160 valence electrons. The van der Waals surface area contributed by atoms with Crippen LogP contribution in [0.15, 0.2) is 77.3 Å². The summed E-state index contributed by atoms with van der Waals surface area (Å²) in [6.07, 6.45) is -0.498. The van der Waals surface area contributed by atoms with E-state index in [2.05, 4.69) is 20.9 Å². The van der Waals surface area contributed by atoms with Crippen LogP contribution in [0.4, 0.5) is 0 Å². The maximum Gasteiger partial charge on any atom is 0.253 e. The summed E-state index contributed by atoms with van der Waals surface area (Å²) in [6.45, 7) is 2.27. The van der Waals surface area contributed by atoms with Crippen molar-refractivity contribution in [1.82, 2.24) is 9.88 Å². The highest BCUT2D eigenvalue weighted by Gasteiger charge is 2.17. The third-order valence-electron chi connectivity index (χ3n) is 5.05. The molecule has 1 unspecified atom stereocenters. The number of halogens is 1. The maximum atomic E-state index is 13.0. The van der Waals surface area contributed by atoms with Crippen LogP contribution < -0.4 is 0 Å². The van der Waals surface area contributed by atoms with Crippen molar-refractivity contribution in [2.24, 2.45) is 0 Å². The van der Waals surface area contributed by atoms with Gasteiger partial charge in [-0.2, -0.15) is 0 Å². The lowest BCUT2D eigenvalue weighted by molar-refractivity contribution is 0.0758. The Morgan fingerprint density at radius 1 is 1.03 bits per heavy atom. The summed E-state index contributed by atoms with van der Waals surface area (Å²) in [7, 11) is 1.73. The number of phenolic OH excluding ortho intramolecular Hbond substituents is 1. The summed E-state index contributed by atoms with van der Waals surface area (Å²) < 4.78 is 0.494. The Morgan fingerprint density at radius 3 is 2.42 bits per heavy atom. The molecular formula is C25H25BrN2O3. The molecule has 0 bridgehead atoms. The largest absolute Gasteiger partial charge is 0.507 e. The summed E-state index contributed by atoms with van der Waals surface area (Å²) in [5, 5.41) is 21.4. The molecule has 0 aliphatic rings. The fourth-order valence-corrected chi connectivity index (χ4v) is 3.63. The van der Waals surface area contributed by atoms with Gasteiger partial charge in [-0.3, -0.25) is 4.79 Å². The fourth-order valence-electron chi connectivity index (χ4n) is 3.18. The van der Waals surface area contributed by atoms with Crippen LogP contribution in [-0.4, -0.2) is 39.6 Å². The van der Waals surface area contributed by atoms with E-state index in [4.69, 9.17) is 0 Å². The van der Waals surface area contributed by atoms with E-state index in [0.29, 0.717) is 34.2 Å². The fraction of sp³-hybridized carbons (Fsp3) is 0.200. The number of aryl methyl sites for hydroxylation is 1. The number of aromatic nitrogens is 1. The molecule has 0 saturated carbocycles. The van der Waals surface area contributed by atoms with Crippen molar-refractivity contribution < 1.29 is 15.0 Å². The van der Waals surface area contributed by atoms with Gasteiger partial charge in [0.05, 0.1) is 21.8 Å². The molecule has 0 aliphatic heterocycles. The molecule has 5 nitrogen and oxygen atoms in total. The second kappa shape index (κ2) is 10.4. The number of carbonyl (C=O) groups is 1. The van der Waals surface area contributed by atoms with Gasteiger partial charge in [0, 0.05) is 24.5 Å². The Morgan fingerprint density at radius 2 is 1.68 bits per heavy atom. The number of carbonyl (C=O) groups excluding carboxylic acids is 1. The van der Waals surface area contributed by atoms with Crippen LogP contribution >= 0.6 is 15.9 Å². The molecule has 0 aliphatic carbocycles. The standard InChI is InChI=1S/C25H25BrN2O3/c1-17-9-7-5-3-4-6-8-10-19(17)25(31)28(2)16-15-21(29)20-13-11-18-12-14-22(30)23(26)24(18)27-20/h3-14,21,29-30H,15-16H2,1-2H3. The lowest BCUT2D eigenvalue weighted by atomic mass is 10.1. The molecule has 3 rings (SSSR count). The molecule has 1 amide bonds. The third kappa shape index (κ3) is 5.60. The summed E-state index contributed by atoms with van der Waals surface area (Å²) >= 11 is 3.34. The van der Waals surface area contributed by atoms with Gasteiger partial charge >= 0.3 is 0 Å². The minimum atomic E-state index is -0.837. The molecule has 2 N–H and O–H groups in total. The third-order valence-corrected chi connectivity index (χ3v) is 5.83. The first-order valence-corrected chi connectivity index (χ1v) is 10.8. The smallest absolute Gasteiger partial charge is 0.253 e. The van der Waals surface area contributed by atoms with E-state index in [9.17, 15) is 15.0 Å². The molecule has 2 aromatic carbocycles. The summed E-state index contributed by atoms with van der Waals surface area (Å²) in [4.78, 5) is 19.1. The number of aliphatic hydroxyl groups is 1. The number of hydrogen-bond donors (Lipinski definition) is 2. The van der Waals surface area contributed by atoms with Crippen molar-refractivity contribution in [3.63, 3.8) is 0 Å². The number of aliphatic hydroxyl groups excluding tert-OH is 1. The van der Waals surface area contributed by atoms with Gasteiger partial charge < -0.3 is 15.1 Å². The van der Waals surface area contributed by atoms with Crippen molar-refractivity contribution in [2.75, 3.05) is 13.6 Å². The van der Waals surface area contributed by atoms with Crippen LogP contribution in [0.25, 0.3) is 10.9 Å². The lowest BCUT2D eigenvalue weighted by Gasteiger charge is -2.20. The van der Waals surface area contributed by atoms with Crippen molar-refractivity contribution >= 4 is 32.7 Å². The number of rotatable bonds is 5. The molecule has 0 radical (unpaired) electrons. The molecule has 6 heteroatoms. The van der Waals surface area contributed by atoms with Gasteiger partial charge in [-0.15, -0.1) is 0 Å². The highest BCUT2D eigenvalue weighted by atomic mass is 79.9. The van der Waals surface area contributed by atoms with Gasteiger partial charge in [-0.05, 0) is 59.1 Å². The summed E-state index contributed by atoms with van der Waals surface area (Å²) in [5.41, 5.74) is 2.56. The molecule has 1 heterocycles. The van der Waals surface area contributed by atoms with E-state index in [1.807, 2.05) is 55.5 Å². The maximum absolute atomic E-state index is 13.0. The average Bonchev–Trinajstić information content (AvgIpc) is 2.78. The minimum Gasteiger partial charge on any atom is -0.507 e. The monoisotopic (exact) mass is 480 g/mol. The first-order chi connectivity index (χ1) is 14.9. The van der Waals surface area contributed by atoms with Gasteiger partial charge in [0.2, 0.25) is 0 Å². The number of benzene rings is 1. The van der Waals surface area contributed by atoms with E-state index in [0.717, 1.165) is 10.9 Å². The number of hydrogen-bond acceptors (Lipinski definition) is 4. The van der Waals surface area contributed by atoms with Gasteiger partial charge in [0.1, 0.15) is 5.75 Å². The van der Waals surface area contributed by atoms with Crippen LogP contribution in [-0.2, 0) is 0 Å². The predicted molar refractivity (Wildman–Crippen MR) is 126 cm³/mol. The van der Waals surface area contributed by atoms with Crippen molar-refractivity contribution in [2.45, 2.75) is 19.4 Å². The summed E-state index contributed by atoms with van der Waals surface area (Å²) in [6, 6.07) is 22.1. The average molecular weight is 481 g/mol. The van der Waals surface area contributed by atoms with Crippen LogP contribution in [0, 0.1) is 6.92 Å². The molecule has 0 fully saturated rings. The van der Waals surface area contributed by atoms with Gasteiger partial charge in [0.25, 0.3) is 5.91 Å². The number of nitrogens with zero attached hydrogens (tertiary/aromatic N) is 2. The number of amides is 1. The molecular weight excluding hydrogens is 456 g/mol. The van der Waals surface area contributed by atoms with Crippen LogP contribution in [0.2, 0.25) is 0 Å². The molecule has 0 saturated heterocycles. The van der Waals surface area contributed by atoms with E-state index in [1.54, 1.807) is 36.2 Å². The number of fused-ring (bicyclic) bond motifs is 1. The minimum absolute atomic E-state index is 0.0961. The predicted octanol–water partition coefficient (Wildman–Crippen LogP) is 5.33. The van der Waals surface area contributed by atoms with Gasteiger partial charge in [-0.25, -0.2) is 4.98 Å². The van der Waals surface area contributed by atoms with Gasteiger partial charge in [0.15, 0.2) is 0 Å².